The summed E-state index contributed by atoms with van der Waals surface area (Å²) < 4.78 is 0. The highest BCUT2D eigenvalue weighted by atomic mass is 15.1. The standard InChI is InChI=1S/C12H22N2/c1-8(2)7-10-11(12(4,5)6)9(3)13-14-10/h8H,7H2,1-6H3,(H,13,14). The zero-order chi connectivity index (χ0) is 10.9. The molecule has 0 amide bonds. The summed E-state index contributed by atoms with van der Waals surface area (Å²) in [6.07, 6.45) is 1.07. The van der Waals surface area contributed by atoms with Crippen LogP contribution in [-0.2, 0) is 11.8 Å². The van der Waals surface area contributed by atoms with Crippen molar-refractivity contribution in [1.29, 1.82) is 0 Å². The van der Waals surface area contributed by atoms with E-state index in [4.69, 9.17) is 0 Å². The average Bonchev–Trinajstić information content (AvgIpc) is 2.28. The minimum atomic E-state index is 0.196. The zero-order valence-electron chi connectivity index (χ0n) is 10.2. The quantitative estimate of drug-likeness (QED) is 0.769. The van der Waals surface area contributed by atoms with E-state index in [0.29, 0.717) is 5.92 Å². The lowest BCUT2D eigenvalue weighted by Crippen LogP contribution is -2.15. The molecule has 0 aliphatic carbocycles. The van der Waals surface area contributed by atoms with Gasteiger partial charge in [0.2, 0.25) is 0 Å². The molecule has 1 heterocycles. The maximum Gasteiger partial charge on any atom is 0.0664 e. The predicted molar refractivity (Wildman–Crippen MR) is 60.6 cm³/mol. The lowest BCUT2D eigenvalue weighted by molar-refractivity contribution is 0.562. The normalized spacial score (nSPS) is 12.5. The Morgan fingerprint density at radius 1 is 1.29 bits per heavy atom. The lowest BCUT2D eigenvalue weighted by atomic mass is 9.84. The average molecular weight is 194 g/mol. The highest BCUT2D eigenvalue weighted by Gasteiger charge is 2.23. The van der Waals surface area contributed by atoms with Gasteiger partial charge in [0.15, 0.2) is 0 Å². The number of nitrogens with one attached hydrogen (secondary N) is 1. The fraction of sp³-hybridized carbons (Fsp3) is 0.750. The number of aromatic amines is 1. The fourth-order valence-corrected chi connectivity index (χ4v) is 2.01. The summed E-state index contributed by atoms with van der Waals surface area (Å²) in [5.41, 5.74) is 4.05. The van der Waals surface area contributed by atoms with Gasteiger partial charge >= 0.3 is 0 Å². The van der Waals surface area contributed by atoms with Gasteiger partial charge in [0, 0.05) is 11.3 Å². The Balaban J connectivity index is 3.07. The molecule has 1 aromatic heterocycles. The van der Waals surface area contributed by atoms with Crippen LogP contribution >= 0.6 is 0 Å². The minimum absolute atomic E-state index is 0.196. The first-order valence-electron chi connectivity index (χ1n) is 5.36. The van der Waals surface area contributed by atoms with Crippen LogP contribution in [0.15, 0.2) is 0 Å². The first kappa shape index (κ1) is 11.3. The topological polar surface area (TPSA) is 28.7 Å². The van der Waals surface area contributed by atoms with Crippen LogP contribution in [0.2, 0.25) is 0 Å². The van der Waals surface area contributed by atoms with Crippen molar-refractivity contribution in [2.45, 2.75) is 53.4 Å². The number of hydrogen-bond acceptors (Lipinski definition) is 1. The van der Waals surface area contributed by atoms with Crippen molar-refractivity contribution in [3.05, 3.63) is 17.0 Å². The molecule has 0 bridgehead atoms. The van der Waals surface area contributed by atoms with Gasteiger partial charge in [-0.2, -0.15) is 5.10 Å². The van der Waals surface area contributed by atoms with Gasteiger partial charge in [-0.25, -0.2) is 0 Å². The van der Waals surface area contributed by atoms with Crippen LogP contribution in [0.5, 0.6) is 0 Å². The molecule has 1 rings (SSSR count). The van der Waals surface area contributed by atoms with Crippen molar-refractivity contribution >= 4 is 0 Å². The van der Waals surface area contributed by atoms with E-state index >= 15 is 0 Å². The van der Waals surface area contributed by atoms with E-state index in [-0.39, 0.29) is 5.41 Å². The van der Waals surface area contributed by atoms with Crippen LogP contribution in [0.1, 0.15) is 51.6 Å². The van der Waals surface area contributed by atoms with Gasteiger partial charge in [0.1, 0.15) is 0 Å². The number of nitrogens with zero attached hydrogens (tertiary/aromatic N) is 1. The third-order valence-corrected chi connectivity index (χ3v) is 2.37. The first-order chi connectivity index (χ1) is 6.32. The Morgan fingerprint density at radius 3 is 2.29 bits per heavy atom. The number of H-pyrrole nitrogens is 1. The van der Waals surface area contributed by atoms with Crippen molar-refractivity contribution in [2.24, 2.45) is 5.92 Å². The lowest BCUT2D eigenvalue weighted by Gasteiger charge is -2.20. The zero-order valence-corrected chi connectivity index (χ0v) is 10.2. The monoisotopic (exact) mass is 194 g/mol. The summed E-state index contributed by atoms with van der Waals surface area (Å²) in [4.78, 5) is 0. The van der Waals surface area contributed by atoms with Crippen LogP contribution in [0.25, 0.3) is 0 Å². The highest BCUT2D eigenvalue weighted by Crippen LogP contribution is 2.28. The van der Waals surface area contributed by atoms with Gasteiger partial charge in [0.05, 0.1) is 5.69 Å². The Hall–Kier alpha value is -0.790. The van der Waals surface area contributed by atoms with E-state index in [2.05, 4.69) is 51.7 Å². The Morgan fingerprint density at radius 2 is 1.86 bits per heavy atom. The predicted octanol–water partition coefficient (Wildman–Crippen LogP) is 3.21. The maximum atomic E-state index is 4.40. The molecule has 2 nitrogen and oxygen atoms in total. The molecule has 80 valence electrons. The summed E-state index contributed by atoms with van der Waals surface area (Å²) in [5.74, 6) is 0.666. The van der Waals surface area contributed by atoms with E-state index < -0.39 is 0 Å². The highest BCUT2D eigenvalue weighted by molar-refractivity contribution is 5.31. The second kappa shape index (κ2) is 3.76. The SMILES string of the molecule is Cc1[nH]nc(CC(C)C)c1C(C)(C)C. The van der Waals surface area contributed by atoms with Gasteiger partial charge in [0.25, 0.3) is 0 Å². The van der Waals surface area contributed by atoms with Gasteiger partial charge in [-0.3, -0.25) is 5.10 Å². The van der Waals surface area contributed by atoms with Crippen LogP contribution in [0.4, 0.5) is 0 Å². The molecule has 0 aliphatic rings. The van der Waals surface area contributed by atoms with Crippen LogP contribution < -0.4 is 0 Å². The number of aromatic nitrogens is 2. The molecule has 1 N–H and O–H groups in total. The van der Waals surface area contributed by atoms with Crippen molar-refractivity contribution in [2.75, 3.05) is 0 Å². The first-order valence-corrected chi connectivity index (χ1v) is 5.36. The molecule has 0 spiro atoms. The van der Waals surface area contributed by atoms with Crippen molar-refractivity contribution in [3.63, 3.8) is 0 Å². The Labute approximate surface area is 87.1 Å². The van der Waals surface area contributed by atoms with Gasteiger partial charge in [-0.15, -0.1) is 0 Å². The van der Waals surface area contributed by atoms with E-state index in [1.165, 1.54) is 17.0 Å². The summed E-state index contributed by atoms with van der Waals surface area (Å²) >= 11 is 0. The Bertz CT molecular complexity index is 303. The molecule has 0 radical (unpaired) electrons. The van der Waals surface area contributed by atoms with E-state index in [9.17, 15) is 0 Å². The smallest absolute Gasteiger partial charge is 0.0664 e. The van der Waals surface area contributed by atoms with Gasteiger partial charge < -0.3 is 0 Å². The van der Waals surface area contributed by atoms with Crippen molar-refractivity contribution in [3.8, 4) is 0 Å². The molecule has 0 fully saturated rings. The largest absolute Gasteiger partial charge is 0.282 e. The summed E-state index contributed by atoms with van der Waals surface area (Å²) in [6.45, 7) is 13.3. The van der Waals surface area contributed by atoms with E-state index in [0.717, 1.165) is 6.42 Å². The molecule has 14 heavy (non-hydrogen) atoms. The van der Waals surface area contributed by atoms with Crippen LogP contribution in [0, 0.1) is 12.8 Å². The molecule has 0 unspecified atom stereocenters. The molecule has 2 heteroatoms. The molecule has 0 aliphatic heterocycles. The summed E-state index contributed by atoms with van der Waals surface area (Å²) in [5, 5.41) is 7.50. The fourth-order valence-electron chi connectivity index (χ4n) is 2.01. The van der Waals surface area contributed by atoms with Gasteiger partial charge in [-0.1, -0.05) is 34.6 Å². The van der Waals surface area contributed by atoms with E-state index in [1.54, 1.807) is 0 Å². The minimum Gasteiger partial charge on any atom is -0.282 e. The third-order valence-electron chi connectivity index (χ3n) is 2.37. The third kappa shape index (κ3) is 2.37. The van der Waals surface area contributed by atoms with Crippen LogP contribution in [-0.4, -0.2) is 10.2 Å². The summed E-state index contributed by atoms with van der Waals surface area (Å²) in [6, 6.07) is 0. The van der Waals surface area contributed by atoms with Crippen molar-refractivity contribution in [1.82, 2.24) is 10.2 Å². The molecular formula is C12H22N2. The number of rotatable bonds is 2. The molecule has 0 saturated heterocycles. The van der Waals surface area contributed by atoms with Crippen molar-refractivity contribution < 1.29 is 0 Å². The molecule has 0 atom stereocenters. The molecule has 0 aromatic carbocycles. The summed E-state index contributed by atoms with van der Waals surface area (Å²) in [7, 11) is 0. The molecule has 0 saturated carbocycles. The Kier molecular flexibility index (Phi) is 3.03. The number of aryl methyl sites for hydroxylation is 1. The molecular weight excluding hydrogens is 172 g/mol. The van der Waals surface area contributed by atoms with Gasteiger partial charge in [-0.05, 0) is 24.7 Å². The molecule has 1 aromatic rings. The second-order valence-corrected chi connectivity index (χ2v) is 5.52. The number of hydrogen-bond donors (Lipinski definition) is 1. The maximum absolute atomic E-state index is 4.40. The van der Waals surface area contributed by atoms with E-state index in [1.807, 2.05) is 0 Å². The van der Waals surface area contributed by atoms with Crippen LogP contribution in [0.3, 0.4) is 0 Å². The second-order valence-electron chi connectivity index (χ2n) is 5.52.